The second-order valence-corrected chi connectivity index (χ2v) is 4.02. The third kappa shape index (κ3) is 3.44. The fourth-order valence-corrected chi connectivity index (χ4v) is 1.16. The molecule has 0 bridgehead atoms. The molecule has 0 aromatic carbocycles. The molecular formula is C7H16O2S. The molecule has 2 nitrogen and oxygen atoms in total. The van der Waals surface area contributed by atoms with Gasteiger partial charge in [-0.2, -0.15) is 0 Å². The van der Waals surface area contributed by atoms with Crippen LogP contribution < -0.4 is 0 Å². The van der Waals surface area contributed by atoms with Gasteiger partial charge >= 0.3 is 0 Å². The van der Waals surface area contributed by atoms with Gasteiger partial charge in [0.05, 0.1) is 12.5 Å². The molecule has 10 heavy (non-hydrogen) atoms. The third-order valence-electron chi connectivity index (χ3n) is 1.61. The molecule has 0 aromatic rings. The van der Waals surface area contributed by atoms with Crippen molar-refractivity contribution in [2.75, 3.05) is 19.7 Å². The zero-order valence-electron chi connectivity index (χ0n) is 6.89. The molecular weight excluding hydrogens is 148 g/mol. The van der Waals surface area contributed by atoms with E-state index in [4.69, 9.17) is 9.84 Å². The average Bonchev–Trinajstić information content (AvgIpc) is 2.00. The topological polar surface area (TPSA) is 29.5 Å². The van der Waals surface area contributed by atoms with Gasteiger partial charge in [0.25, 0.3) is 0 Å². The van der Waals surface area contributed by atoms with Crippen LogP contribution in [-0.4, -0.2) is 29.5 Å². The third-order valence-corrected chi connectivity index (χ3v) is 3.08. The summed E-state index contributed by atoms with van der Waals surface area (Å²) >= 11 is 1.65. The first-order valence-electron chi connectivity index (χ1n) is 3.42. The Kier molecular flexibility index (Phi) is 5.13. The van der Waals surface area contributed by atoms with Gasteiger partial charge in [-0.1, -0.05) is 6.92 Å². The maximum atomic E-state index is 8.94. The van der Waals surface area contributed by atoms with Crippen LogP contribution in [0.4, 0.5) is 0 Å². The van der Waals surface area contributed by atoms with E-state index in [0.29, 0.717) is 5.94 Å². The molecule has 0 aromatic heterocycles. The lowest BCUT2D eigenvalue weighted by Gasteiger charge is -2.23. The van der Waals surface area contributed by atoms with E-state index in [1.807, 2.05) is 6.92 Å². The van der Waals surface area contributed by atoms with E-state index in [-0.39, 0.29) is 11.4 Å². The Balaban J connectivity index is 3.58. The summed E-state index contributed by atoms with van der Waals surface area (Å²) in [5, 5.41) is 8.94. The summed E-state index contributed by atoms with van der Waals surface area (Å²) in [6.07, 6.45) is 0.970. The number of thioether (sulfide) groups is 1. The standard InChI is InChI=1S/C7H16O2S/c1-4-7(2,5-8)10-6-9-3/h8H,4-6H2,1-3H3. The summed E-state index contributed by atoms with van der Waals surface area (Å²) in [4.78, 5) is 0. The molecule has 1 N–H and O–H groups in total. The molecule has 1 unspecified atom stereocenters. The molecule has 0 saturated carbocycles. The predicted octanol–water partition coefficient (Wildman–Crippen LogP) is 1.48. The Morgan fingerprint density at radius 2 is 2.20 bits per heavy atom. The highest BCUT2D eigenvalue weighted by Gasteiger charge is 2.20. The van der Waals surface area contributed by atoms with Gasteiger partial charge in [-0.3, -0.25) is 0 Å². The fourth-order valence-electron chi connectivity index (χ4n) is 0.461. The first kappa shape index (κ1) is 10.3. The second-order valence-electron chi connectivity index (χ2n) is 2.51. The zero-order chi connectivity index (χ0) is 8.04. The van der Waals surface area contributed by atoms with E-state index in [2.05, 4.69) is 6.92 Å². The average molecular weight is 164 g/mol. The highest BCUT2D eigenvalue weighted by molar-refractivity contribution is 8.00. The maximum Gasteiger partial charge on any atom is 0.0923 e. The molecule has 0 rings (SSSR count). The van der Waals surface area contributed by atoms with Crippen LogP contribution in [0.2, 0.25) is 0 Å². The van der Waals surface area contributed by atoms with Crippen LogP contribution >= 0.6 is 11.8 Å². The summed E-state index contributed by atoms with van der Waals surface area (Å²) in [7, 11) is 1.67. The van der Waals surface area contributed by atoms with E-state index < -0.39 is 0 Å². The van der Waals surface area contributed by atoms with E-state index in [1.54, 1.807) is 18.9 Å². The summed E-state index contributed by atoms with van der Waals surface area (Å²) in [6, 6.07) is 0. The maximum absolute atomic E-state index is 8.94. The van der Waals surface area contributed by atoms with E-state index in [0.717, 1.165) is 6.42 Å². The van der Waals surface area contributed by atoms with Crippen molar-refractivity contribution in [2.24, 2.45) is 0 Å². The van der Waals surface area contributed by atoms with Crippen LogP contribution in [0.1, 0.15) is 20.3 Å². The van der Waals surface area contributed by atoms with Gasteiger partial charge in [0.15, 0.2) is 0 Å². The highest BCUT2D eigenvalue weighted by atomic mass is 32.2. The number of hydrogen-bond acceptors (Lipinski definition) is 3. The summed E-state index contributed by atoms with van der Waals surface area (Å²) in [6.45, 7) is 4.33. The SMILES string of the molecule is CCC(C)(CO)SCOC. The predicted molar refractivity (Wildman–Crippen MR) is 45.2 cm³/mol. The van der Waals surface area contributed by atoms with Crippen LogP contribution in [0, 0.1) is 0 Å². The number of aliphatic hydroxyl groups is 1. The summed E-state index contributed by atoms with van der Waals surface area (Å²) in [5.41, 5.74) is 0. The molecule has 0 aliphatic carbocycles. The molecule has 0 spiro atoms. The molecule has 3 heteroatoms. The minimum Gasteiger partial charge on any atom is -0.395 e. The minimum absolute atomic E-state index is 0.0178. The van der Waals surface area contributed by atoms with Gasteiger partial charge in [0.2, 0.25) is 0 Å². The number of methoxy groups -OCH3 is 1. The van der Waals surface area contributed by atoms with Crippen molar-refractivity contribution in [3.63, 3.8) is 0 Å². The van der Waals surface area contributed by atoms with Gasteiger partial charge in [-0.15, -0.1) is 11.8 Å². The van der Waals surface area contributed by atoms with Gasteiger partial charge < -0.3 is 9.84 Å². The number of rotatable bonds is 5. The molecule has 0 heterocycles. The Morgan fingerprint density at radius 1 is 1.60 bits per heavy atom. The fraction of sp³-hybridized carbons (Fsp3) is 1.00. The van der Waals surface area contributed by atoms with Crippen molar-refractivity contribution in [1.82, 2.24) is 0 Å². The second kappa shape index (κ2) is 4.99. The van der Waals surface area contributed by atoms with Crippen LogP contribution in [0.15, 0.2) is 0 Å². The Labute approximate surface area is 67.0 Å². The van der Waals surface area contributed by atoms with Gasteiger partial charge in [-0.05, 0) is 13.3 Å². The minimum atomic E-state index is -0.0178. The lowest BCUT2D eigenvalue weighted by Crippen LogP contribution is -2.24. The molecule has 1 atom stereocenters. The molecule has 0 radical (unpaired) electrons. The van der Waals surface area contributed by atoms with Gasteiger partial charge in [0.1, 0.15) is 0 Å². The molecule has 0 aliphatic rings. The largest absolute Gasteiger partial charge is 0.395 e. The first-order valence-corrected chi connectivity index (χ1v) is 4.41. The van der Waals surface area contributed by atoms with Gasteiger partial charge in [0, 0.05) is 11.9 Å². The highest BCUT2D eigenvalue weighted by Crippen LogP contribution is 2.27. The first-order chi connectivity index (χ1) is 4.68. The Bertz CT molecular complexity index is 81.7. The molecule has 62 valence electrons. The molecule has 0 aliphatic heterocycles. The molecule has 0 amide bonds. The molecule has 0 saturated heterocycles. The number of ether oxygens (including phenoxy) is 1. The van der Waals surface area contributed by atoms with Crippen molar-refractivity contribution in [1.29, 1.82) is 0 Å². The van der Waals surface area contributed by atoms with Crippen molar-refractivity contribution < 1.29 is 9.84 Å². The van der Waals surface area contributed by atoms with Crippen molar-refractivity contribution in [3.05, 3.63) is 0 Å². The van der Waals surface area contributed by atoms with Crippen LogP contribution in [-0.2, 0) is 4.74 Å². The van der Waals surface area contributed by atoms with Crippen molar-refractivity contribution in [3.8, 4) is 0 Å². The lowest BCUT2D eigenvalue weighted by atomic mass is 10.1. The zero-order valence-corrected chi connectivity index (χ0v) is 7.70. The van der Waals surface area contributed by atoms with Crippen molar-refractivity contribution in [2.45, 2.75) is 25.0 Å². The summed E-state index contributed by atoms with van der Waals surface area (Å²) < 4.78 is 4.88. The van der Waals surface area contributed by atoms with E-state index in [9.17, 15) is 0 Å². The summed E-state index contributed by atoms with van der Waals surface area (Å²) in [5.74, 6) is 0.658. The normalized spacial score (nSPS) is 16.8. The monoisotopic (exact) mass is 164 g/mol. The smallest absolute Gasteiger partial charge is 0.0923 e. The van der Waals surface area contributed by atoms with Crippen molar-refractivity contribution >= 4 is 11.8 Å². The van der Waals surface area contributed by atoms with E-state index in [1.165, 1.54) is 0 Å². The Morgan fingerprint density at radius 3 is 2.50 bits per heavy atom. The van der Waals surface area contributed by atoms with Gasteiger partial charge in [-0.25, -0.2) is 0 Å². The number of aliphatic hydroxyl groups excluding tert-OH is 1. The number of hydrogen-bond donors (Lipinski definition) is 1. The van der Waals surface area contributed by atoms with Crippen LogP contribution in [0.3, 0.4) is 0 Å². The Hall–Kier alpha value is 0.270. The quantitative estimate of drug-likeness (QED) is 0.624. The lowest BCUT2D eigenvalue weighted by molar-refractivity contribution is 0.239. The van der Waals surface area contributed by atoms with E-state index >= 15 is 0 Å². The molecule has 0 fully saturated rings. The van der Waals surface area contributed by atoms with Crippen LogP contribution in [0.5, 0.6) is 0 Å². The van der Waals surface area contributed by atoms with Crippen LogP contribution in [0.25, 0.3) is 0 Å².